The fraction of sp³-hybridized carbons (Fsp3) is 0.214. The van der Waals surface area contributed by atoms with E-state index in [1.54, 1.807) is 55.5 Å². The van der Waals surface area contributed by atoms with Gasteiger partial charge in [-0.2, -0.15) is 0 Å². The van der Waals surface area contributed by atoms with E-state index in [4.69, 9.17) is 9.47 Å². The van der Waals surface area contributed by atoms with Crippen LogP contribution in [0.5, 0.6) is 17.2 Å². The standard InChI is InChI=1S/C28H24F3NO6/c1-16-24(18-6-5-7-20(14-18)37-27(2,3)26(34)35)22-15-21(38-28(29,30)31)12-13-23(22)32(16)25(33)17-8-10-19(36-4)11-9-17/h5-15H,1-4H3,(H,34,35). The molecule has 1 heterocycles. The van der Waals surface area contributed by atoms with Crippen molar-refractivity contribution < 1.29 is 42.1 Å². The number of benzene rings is 3. The molecule has 1 N–H and O–H groups in total. The molecule has 0 amide bonds. The van der Waals surface area contributed by atoms with Crippen LogP contribution in [0.15, 0.2) is 66.7 Å². The fourth-order valence-electron chi connectivity index (χ4n) is 4.14. The lowest BCUT2D eigenvalue weighted by Gasteiger charge is -2.21. The number of ether oxygens (including phenoxy) is 3. The number of rotatable bonds is 7. The van der Waals surface area contributed by atoms with E-state index in [1.807, 2.05) is 0 Å². The SMILES string of the molecule is COc1ccc(C(=O)n2c(C)c(-c3cccc(OC(C)(C)C(=O)O)c3)c3cc(OC(F)(F)F)ccc32)cc1. The monoisotopic (exact) mass is 527 g/mol. The van der Waals surface area contributed by atoms with E-state index >= 15 is 0 Å². The predicted molar refractivity (Wildman–Crippen MR) is 134 cm³/mol. The molecular formula is C28H24F3NO6. The number of carbonyl (C=O) groups excluding carboxylic acids is 1. The Labute approximate surface area is 216 Å². The molecule has 1 aromatic heterocycles. The van der Waals surface area contributed by atoms with Gasteiger partial charge in [0.15, 0.2) is 5.60 Å². The number of alkyl halides is 3. The number of nitrogens with zero attached hydrogens (tertiary/aromatic N) is 1. The predicted octanol–water partition coefficient (Wildman–Crippen LogP) is 6.45. The zero-order chi connectivity index (χ0) is 27.8. The van der Waals surface area contributed by atoms with Gasteiger partial charge >= 0.3 is 12.3 Å². The van der Waals surface area contributed by atoms with Crippen LogP contribution in [0, 0.1) is 6.92 Å². The number of fused-ring (bicyclic) bond motifs is 1. The van der Waals surface area contributed by atoms with Gasteiger partial charge in [0.2, 0.25) is 0 Å². The first-order chi connectivity index (χ1) is 17.8. The third-order valence-corrected chi connectivity index (χ3v) is 5.96. The minimum Gasteiger partial charge on any atom is -0.497 e. The van der Waals surface area contributed by atoms with Gasteiger partial charge in [-0.3, -0.25) is 9.36 Å². The van der Waals surface area contributed by atoms with Crippen LogP contribution in [0.1, 0.15) is 29.9 Å². The molecule has 198 valence electrons. The second kappa shape index (κ2) is 9.77. The highest BCUT2D eigenvalue weighted by Crippen LogP contribution is 2.39. The van der Waals surface area contributed by atoms with Crippen LogP contribution in [-0.4, -0.2) is 40.6 Å². The lowest BCUT2D eigenvalue weighted by Crippen LogP contribution is -2.37. The summed E-state index contributed by atoms with van der Waals surface area (Å²) in [4.78, 5) is 25.1. The molecule has 0 saturated carbocycles. The third-order valence-electron chi connectivity index (χ3n) is 5.96. The van der Waals surface area contributed by atoms with Crippen molar-refractivity contribution in [1.29, 1.82) is 0 Å². The molecule has 0 unspecified atom stereocenters. The number of hydrogen-bond donors (Lipinski definition) is 1. The van der Waals surface area contributed by atoms with Crippen molar-refractivity contribution in [2.24, 2.45) is 0 Å². The first-order valence-corrected chi connectivity index (χ1v) is 11.4. The molecule has 0 aliphatic rings. The van der Waals surface area contributed by atoms with Crippen LogP contribution >= 0.6 is 0 Å². The number of halogens is 3. The Kier molecular flexibility index (Phi) is 6.84. The molecule has 0 spiro atoms. The van der Waals surface area contributed by atoms with E-state index in [9.17, 15) is 27.9 Å². The summed E-state index contributed by atoms with van der Waals surface area (Å²) in [7, 11) is 1.50. The highest BCUT2D eigenvalue weighted by Gasteiger charge is 2.32. The summed E-state index contributed by atoms with van der Waals surface area (Å²) in [5.74, 6) is -1.22. The molecule has 0 aliphatic heterocycles. The number of aliphatic carboxylic acids is 1. The van der Waals surface area contributed by atoms with Crippen LogP contribution in [0.25, 0.3) is 22.0 Å². The van der Waals surface area contributed by atoms with Crippen molar-refractivity contribution in [2.45, 2.75) is 32.7 Å². The fourth-order valence-corrected chi connectivity index (χ4v) is 4.14. The largest absolute Gasteiger partial charge is 0.573 e. The lowest BCUT2D eigenvalue weighted by atomic mass is 10.0. The van der Waals surface area contributed by atoms with Gasteiger partial charge in [0.25, 0.3) is 5.91 Å². The van der Waals surface area contributed by atoms with Gasteiger partial charge in [0.1, 0.15) is 17.2 Å². The van der Waals surface area contributed by atoms with E-state index in [-0.39, 0.29) is 5.75 Å². The molecule has 4 aromatic rings. The Hall–Kier alpha value is -4.47. The highest BCUT2D eigenvalue weighted by atomic mass is 19.4. The molecular weight excluding hydrogens is 503 g/mol. The van der Waals surface area contributed by atoms with Gasteiger partial charge in [-0.1, -0.05) is 12.1 Å². The molecule has 0 fully saturated rings. The quantitative estimate of drug-likeness (QED) is 0.297. The number of methoxy groups -OCH3 is 1. The van der Waals surface area contributed by atoms with Gasteiger partial charge < -0.3 is 19.3 Å². The van der Waals surface area contributed by atoms with E-state index in [1.165, 1.54) is 37.7 Å². The summed E-state index contributed by atoms with van der Waals surface area (Å²) < 4.78 is 55.3. The van der Waals surface area contributed by atoms with Crippen LogP contribution in [0.2, 0.25) is 0 Å². The third kappa shape index (κ3) is 5.29. The number of carboxylic acid groups (broad SMARTS) is 1. The summed E-state index contributed by atoms with van der Waals surface area (Å²) >= 11 is 0. The average molecular weight is 527 g/mol. The van der Waals surface area contributed by atoms with Crippen molar-refractivity contribution in [1.82, 2.24) is 4.57 Å². The minimum atomic E-state index is -4.90. The normalized spacial score (nSPS) is 11.9. The van der Waals surface area contributed by atoms with Crippen molar-refractivity contribution >= 4 is 22.8 Å². The van der Waals surface area contributed by atoms with E-state index in [0.29, 0.717) is 39.0 Å². The van der Waals surface area contributed by atoms with Gasteiger partial charge in [-0.15, -0.1) is 13.2 Å². The van der Waals surface area contributed by atoms with Crippen molar-refractivity contribution in [3.63, 3.8) is 0 Å². The number of carboxylic acids is 1. The van der Waals surface area contributed by atoms with Crippen LogP contribution < -0.4 is 14.2 Å². The Morgan fingerprint density at radius 3 is 2.11 bits per heavy atom. The number of hydrogen-bond acceptors (Lipinski definition) is 5. The van der Waals surface area contributed by atoms with Crippen molar-refractivity contribution in [3.8, 4) is 28.4 Å². The van der Waals surface area contributed by atoms with Crippen molar-refractivity contribution in [2.75, 3.05) is 7.11 Å². The topological polar surface area (TPSA) is 87.0 Å². The average Bonchev–Trinajstić information content (AvgIpc) is 3.13. The van der Waals surface area contributed by atoms with Gasteiger partial charge in [-0.25, -0.2) is 4.79 Å². The molecule has 0 bridgehead atoms. The van der Waals surface area contributed by atoms with Crippen LogP contribution in [0.3, 0.4) is 0 Å². The molecule has 3 aromatic carbocycles. The summed E-state index contributed by atoms with van der Waals surface area (Å²) in [5, 5.41) is 9.76. The van der Waals surface area contributed by atoms with Gasteiger partial charge in [0.05, 0.1) is 12.6 Å². The highest BCUT2D eigenvalue weighted by molar-refractivity contribution is 6.08. The van der Waals surface area contributed by atoms with E-state index in [0.717, 1.165) is 6.07 Å². The molecule has 10 heteroatoms. The Morgan fingerprint density at radius 1 is 0.868 bits per heavy atom. The smallest absolute Gasteiger partial charge is 0.497 e. The molecule has 0 atom stereocenters. The maximum Gasteiger partial charge on any atom is 0.573 e. The summed E-state index contributed by atoms with van der Waals surface area (Å²) in [5.41, 5.74) is 0.613. The molecule has 38 heavy (non-hydrogen) atoms. The van der Waals surface area contributed by atoms with E-state index < -0.39 is 29.6 Å². The van der Waals surface area contributed by atoms with Crippen LogP contribution in [-0.2, 0) is 4.79 Å². The molecule has 0 radical (unpaired) electrons. The maximum absolute atomic E-state index is 13.6. The summed E-state index contributed by atoms with van der Waals surface area (Å²) in [6.45, 7) is 4.47. The van der Waals surface area contributed by atoms with Gasteiger partial charge in [0, 0.05) is 22.2 Å². The Balaban J connectivity index is 1.91. The first-order valence-electron chi connectivity index (χ1n) is 11.4. The molecule has 0 saturated heterocycles. The second-order valence-electron chi connectivity index (χ2n) is 9.00. The minimum absolute atomic E-state index is 0.236. The summed E-state index contributed by atoms with van der Waals surface area (Å²) in [6.07, 6.45) is -4.90. The molecule has 7 nitrogen and oxygen atoms in total. The number of aromatic nitrogens is 1. The lowest BCUT2D eigenvalue weighted by molar-refractivity contribution is -0.274. The van der Waals surface area contributed by atoms with Gasteiger partial charge in [-0.05, 0) is 80.9 Å². The zero-order valence-electron chi connectivity index (χ0n) is 20.9. The zero-order valence-corrected chi connectivity index (χ0v) is 20.9. The molecule has 4 rings (SSSR count). The van der Waals surface area contributed by atoms with Crippen molar-refractivity contribution in [3.05, 3.63) is 78.0 Å². The maximum atomic E-state index is 13.6. The van der Waals surface area contributed by atoms with E-state index in [2.05, 4.69) is 4.74 Å². The van der Waals surface area contributed by atoms with Crippen LogP contribution in [0.4, 0.5) is 13.2 Å². The Bertz CT molecular complexity index is 1520. The molecule has 0 aliphatic carbocycles. The Morgan fingerprint density at radius 2 is 1.50 bits per heavy atom. The number of carbonyl (C=O) groups is 2. The summed E-state index contributed by atoms with van der Waals surface area (Å²) in [6, 6.07) is 16.7. The first kappa shape index (κ1) is 26.6. The second-order valence-corrected chi connectivity index (χ2v) is 9.00.